The monoisotopic (exact) mass is 440 g/mol. The molecular weight excluding hydrogens is 412 g/mol. The van der Waals surface area contributed by atoms with Gasteiger partial charge >= 0.3 is 5.97 Å². The lowest BCUT2D eigenvalue weighted by atomic mass is 9.97. The molecule has 0 atom stereocenters. The number of hydrogen-bond acceptors (Lipinski definition) is 7. The van der Waals surface area contributed by atoms with Gasteiger partial charge in [-0.05, 0) is 31.9 Å². The van der Waals surface area contributed by atoms with Crippen LogP contribution in [-0.4, -0.2) is 76.0 Å². The molecule has 0 aromatic heterocycles. The maximum Gasteiger partial charge on any atom is 0.309 e. The molecule has 0 unspecified atom stereocenters. The first-order chi connectivity index (χ1) is 14.3. The van der Waals surface area contributed by atoms with Crippen molar-refractivity contribution in [1.29, 1.82) is 0 Å². The minimum Gasteiger partial charge on any atom is -0.490 e. The lowest BCUT2D eigenvalue weighted by Crippen LogP contribution is -2.45. The molecule has 1 saturated heterocycles. The van der Waals surface area contributed by atoms with E-state index in [-0.39, 0.29) is 29.2 Å². The second-order valence-corrected chi connectivity index (χ2v) is 9.37. The second kappa shape index (κ2) is 9.65. The van der Waals surface area contributed by atoms with Gasteiger partial charge in [-0.15, -0.1) is 0 Å². The molecule has 2 aliphatic heterocycles. The first-order valence-electron chi connectivity index (χ1n) is 10.1. The Morgan fingerprint density at radius 1 is 1.17 bits per heavy atom. The van der Waals surface area contributed by atoms with Crippen molar-refractivity contribution in [3.05, 3.63) is 18.2 Å². The third-order valence-electron chi connectivity index (χ3n) is 5.25. The van der Waals surface area contributed by atoms with E-state index in [1.54, 1.807) is 17.9 Å². The van der Waals surface area contributed by atoms with Gasteiger partial charge in [-0.3, -0.25) is 9.59 Å². The summed E-state index contributed by atoms with van der Waals surface area (Å²) in [5.41, 5.74) is 0. The normalized spacial score (nSPS) is 17.5. The number of sulfonamides is 1. The first kappa shape index (κ1) is 22.4. The summed E-state index contributed by atoms with van der Waals surface area (Å²) in [5, 5.41) is 0. The minimum absolute atomic E-state index is 0.0445. The molecule has 0 aliphatic carbocycles. The van der Waals surface area contributed by atoms with Gasteiger partial charge in [-0.1, -0.05) is 0 Å². The highest BCUT2D eigenvalue weighted by Gasteiger charge is 2.31. The zero-order valence-corrected chi connectivity index (χ0v) is 18.2. The van der Waals surface area contributed by atoms with Crippen molar-refractivity contribution < 1.29 is 32.2 Å². The number of amides is 1. The number of benzene rings is 1. The zero-order valence-electron chi connectivity index (χ0n) is 17.3. The Morgan fingerprint density at radius 2 is 1.83 bits per heavy atom. The number of ether oxygens (including phenoxy) is 3. The fraction of sp³-hybridized carbons (Fsp3) is 0.600. The summed E-state index contributed by atoms with van der Waals surface area (Å²) >= 11 is 0. The van der Waals surface area contributed by atoms with Crippen LogP contribution in [0.5, 0.6) is 11.5 Å². The molecule has 0 radical (unpaired) electrons. The molecule has 30 heavy (non-hydrogen) atoms. The van der Waals surface area contributed by atoms with Crippen LogP contribution in [0.3, 0.4) is 0 Å². The van der Waals surface area contributed by atoms with Crippen molar-refractivity contribution in [2.75, 3.05) is 46.5 Å². The average molecular weight is 441 g/mol. The van der Waals surface area contributed by atoms with Crippen molar-refractivity contribution >= 4 is 21.9 Å². The zero-order chi connectivity index (χ0) is 21.7. The summed E-state index contributed by atoms with van der Waals surface area (Å²) in [6.45, 7) is 3.59. The molecule has 1 aromatic carbocycles. The third kappa shape index (κ3) is 5.04. The van der Waals surface area contributed by atoms with E-state index in [9.17, 15) is 18.0 Å². The van der Waals surface area contributed by atoms with Gasteiger partial charge < -0.3 is 19.1 Å². The average Bonchev–Trinajstić information content (AvgIpc) is 2.98. The topological polar surface area (TPSA) is 102 Å². The molecule has 1 aromatic rings. The maximum atomic E-state index is 12.9. The van der Waals surface area contributed by atoms with Crippen LogP contribution in [0.25, 0.3) is 0 Å². The summed E-state index contributed by atoms with van der Waals surface area (Å²) in [6, 6.07) is 4.46. The molecule has 166 valence electrons. The van der Waals surface area contributed by atoms with Gasteiger partial charge in [0.2, 0.25) is 15.9 Å². The van der Waals surface area contributed by atoms with Crippen LogP contribution in [0.1, 0.15) is 26.2 Å². The Kier molecular flexibility index (Phi) is 7.19. The smallest absolute Gasteiger partial charge is 0.309 e. The second-order valence-electron chi connectivity index (χ2n) is 7.33. The van der Waals surface area contributed by atoms with Crippen LogP contribution in [0.4, 0.5) is 0 Å². The number of carbonyl (C=O) groups excluding carboxylic acids is 2. The Labute approximate surface area is 176 Å². The van der Waals surface area contributed by atoms with Gasteiger partial charge in [0.15, 0.2) is 11.5 Å². The number of carbonyl (C=O) groups is 2. The van der Waals surface area contributed by atoms with Crippen molar-refractivity contribution in [3.8, 4) is 11.5 Å². The number of likely N-dealkylation sites (N-methyl/N-ethyl adjacent to an activating group) is 1. The highest BCUT2D eigenvalue weighted by atomic mass is 32.2. The van der Waals surface area contributed by atoms with Crippen LogP contribution in [0.15, 0.2) is 23.1 Å². The molecule has 1 fully saturated rings. The predicted molar refractivity (Wildman–Crippen MR) is 108 cm³/mol. The third-order valence-corrected chi connectivity index (χ3v) is 7.05. The molecule has 0 N–H and O–H groups in total. The fourth-order valence-corrected chi connectivity index (χ4v) is 4.62. The van der Waals surface area contributed by atoms with E-state index in [1.165, 1.54) is 19.2 Å². The van der Waals surface area contributed by atoms with E-state index >= 15 is 0 Å². The lowest BCUT2D eigenvalue weighted by molar-refractivity contribution is -0.151. The number of rotatable bonds is 6. The van der Waals surface area contributed by atoms with E-state index in [2.05, 4.69) is 0 Å². The number of nitrogens with zero attached hydrogens (tertiary/aromatic N) is 2. The van der Waals surface area contributed by atoms with Crippen LogP contribution >= 0.6 is 0 Å². The Balaban J connectivity index is 1.61. The van der Waals surface area contributed by atoms with E-state index in [4.69, 9.17) is 14.2 Å². The van der Waals surface area contributed by atoms with Gasteiger partial charge in [0, 0.05) is 32.6 Å². The number of likely N-dealkylation sites (tertiary alicyclic amines) is 1. The van der Waals surface area contributed by atoms with Crippen LogP contribution in [0.2, 0.25) is 0 Å². The summed E-state index contributed by atoms with van der Waals surface area (Å²) in [6.07, 6.45) is 1.75. The highest BCUT2D eigenvalue weighted by Crippen LogP contribution is 2.32. The summed E-state index contributed by atoms with van der Waals surface area (Å²) in [4.78, 5) is 26.1. The van der Waals surface area contributed by atoms with Crippen LogP contribution in [0, 0.1) is 5.92 Å². The standard InChI is InChI=1S/C20H28N2O7S/c1-3-27-20(24)15-7-9-22(10-8-15)19(23)14-21(2)30(25,26)16-5-6-17-18(13-16)29-12-4-11-28-17/h5-6,13,15H,3-4,7-12,14H2,1-2H3. The first-order valence-corrected chi connectivity index (χ1v) is 11.6. The Bertz CT molecular complexity index is 879. The van der Waals surface area contributed by atoms with Gasteiger partial charge in [0.1, 0.15) is 0 Å². The van der Waals surface area contributed by atoms with Gasteiger partial charge in [-0.2, -0.15) is 4.31 Å². The summed E-state index contributed by atoms with van der Waals surface area (Å²) in [5.74, 6) is 0.151. The van der Waals surface area contributed by atoms with E-state index in [1.807, 2.05) is 0 Å². The molecule has 0 bridgehead atoms. The van der Waals surface area contributed by atoms with Gasteiger partial charge in [-0.25, -0.2) is 8.42 Å². The molecule has 9 nitrogen and oxygen atoms in total. The minimum atomic E-state index is -3.87. The Morgan fingerprint density at radius 3 is 2.50 bits per heavy atom. The molecule has 3 rings (SSSR count). The highest BCUT2D eigenvalue weighted by molar-refractivity contribution is 7.89. The molecule has 10 heteroatoms. The molecular formula is C20H28N2O7S. The summed E-state index contributed by atoms with van der Waals surface area (Å²) in [7, 11) is -2.50. The quantitative estimate of drug-likeness (QED) is 0.614. The van der Waals surface area contributed by atoms with E-state index < -0.39 is 10.0 Å². The Hall–Kier alpha value is -2.33. The van der Waals surface area contributed by atoms with Crippen LogP contribution in [-0.2, 0) is 24.3 Å². The van der Waals surface area contributed by atoms with Crippen LogP contribution < -0.4 is 9.47 Å². The van der Waals surface area contributed by atoms with Gasteiger partial charge in [0.05, 0.1) is 37.2 Å². The summed E-state index contributed by atoms with van der Waals surface area (Å²) < 4.78 is 43.0. The van der Waals surface area contributed by atoms with Gasteiger partial charge in [0.25, 0.3) is 0 Å². The maximum absolute atomic E-state index is 12.9. The number of hydrogen-bond donors (Lipinski definition) is 0. The van der Waals surface area contributed by atoms with E-state index in [0.29, 0.717) is 57.3 Å². The van der Waals surface area contributed by atoms with Crippen molar-refractivity contribution in [2.45, 2.75) is 31.1 Å². The molecule has 1 amide bonds. The lowest BCUT2D eigenvalue weighted by Gasteiger charge is -2.32. The predicted octanol–water partition coefficient (Wildman–Crippen LogP) is 1.27. The van der Waals surface area contributed by atoms with E-state index in [0.717, 1.165) is 10.7 Å². The molecule has 2 aliphatic rings. The number of fused-ring (bicyclic) bond motifs is 1. The number of esters is 1. The molecule has 0 saturated carbocycles. The SMILES string of the molecule is CCOC(=O)C1CCN(C(=O)CN(C)S(=O)(=O)c2ccc3c(c2)OCCCO3)CC1. The van der Waals surface area contributed by atoms with Crippen molar-refractivity contribution in [2.24, 2.45) is 5.92 Å². The largest absolute Gasteiger partial charge is 0.490 e. The van der Waals surface area contributed by atoms with Crippen molar-refractivity contribution in [3.63, 3.8) is 0 Å². The molecule has 0 spiro atoms. The van der Waals surface area contributed by atoms with Crippen molar-refractivity contribution in [1.82, 2.24) is 9.21 Å². The number of piperidine rings is 1. The molecule has 2 heterocycles. The fourth-order valence-electron chi connectivity index (χ4n) is 3.48.